The average Bonchev–Trinajstić information content (AvgIpc) is 3.28. The molecule has 4 nitrogen and oxygen atoms in total. The molecule has 1 fully saturated rings. The number of halogens is 1. The Morgan fingerprint density at radius 1 is 1.29 bits per heavy atom. The fraction of sp³-hybridized carbons (Fsp3) is 0.562. The standard InChI is InChI=1S/C16H21FO4/c1-19-15(18)16(12-21-16)9-2-3-10-20-11-8-13-4-6-14(17)7-5-13/h4-7H,2-3,8-12H2,1H3. The Bertz CT molecular complexity index is 454. The molecule has 116 valence electrons. The van der Waals surface area contributed by atoms with E-state index in [4.69, 9.17) is 14.2 Å². The highest BCUT2D eigenvalue weighted by Crippen LogP contribution is 2.33. The minimum atomic E-state index is -0.678. The summed E-state index contributed by atoms with van der Waals surface area (Å²) in [7, 11) is 1.38. The summed E-state index contributed by atoms with van der Waals surface area (Å²) < 4.78 is 28.2. The van der Waals surface area contributed by atoms with E-state index < -0.39 is 5.60 Å². The fourth-order valence-corrected chi connectivity index (χ4v) is 2.20. The predicted molar refractivity (Wildman–Crippen MR) is 75.5 cm³/mol. The van der Waals surface area contributed by atoms with Crippen molar-refractivity contribution in [3.8, 4) is 0 Å². The first kappa shape index (κ1) is 15.9. The molecule has 0 aromatic heterocycles. The van der Waals surface area contributed by atoms with Gasteiger partial charge in [0.1, 0.15) is 5.82 Å². The van der Waals surface area contributed by atoms with Crippen LogP contribution in [0.5, 0.6) is 0 Å². The average molecular weight is 296 g/mol. The van der Waals surface area contributed by atoms with Crippen LogP contribution in [0, 0.1) is 5.82 Å². The quantitative estimate of drug-likeness (QED) is 0.399. The minimum absolute atomic E-state index is 0.221. The van der Waals surface area contributed by atoms with E-state index >= 15 is 0 Å². The van der Waals surface area contributed by atoms with Crippen molar-refractivity contribution in [3.63, 3.8) is 0 Å². The second-order valence-electron chi connectivity index (χ2n) is 5.22. The van der Waals surface area contributed by atoms with Gasteiger partial charge in [0.15, 0.2) is 5.60 Å². The number of esters is 1. The maximum atomic E-state index is 12.7. The predicted octanol–water partition coefficient (Wildman–Crippen LogP) is 2.50. The molecule has 0 aliphatic carbocycles. The zero-order valence-corrected chi connectivity index (χ0v) is 12.3. The maximum absolute atomic E-state index is 12.7. The number of hydrogen-bond acceptors (Lipinski definition) is 4. The third-order valence-corrected chi connectivity index (χ3v) is 3.62. The highest BCUT2D eigenvalue weighted by atomic mass is 19.1. The molecule has 1 aliphatic rings. The van der Waals surface area contributed by atoms with Crippen molar-refractivity contribution in [1.82, 2.24) is 0 Å². The number of benzene rings is 1. The van der Waals surface area contributed by atoms with Crippen LogP contribution >= 0.6 is 0 Å². The van der Waals surface area contributed by atoms with E-state index in [1.165, 1.54) is 19.2 Å². The Hall–Kier alpha value is -1.46. The summed E-state index contributed by atoms with van der Waals surface area (Å²) in [5.41, 5.74) is 0.385. The molecule has 5 heteroatoms. The van der Waals surface area contributed by atoms with Gasteiger partial charge in [-0.25, -0.2) is 9.18 Å². The van der Waals surface area contributed by atoms with Crippen molar-refractivity contribution in [2.45, 2.75) is 31.3 Å². The van der Waals surface area contributed by atoms with Crippen molar-refractivity contribution in [2.24, 2.45) is 0 Å². The highest BCUT2D eigenvalue weighted by Gasteiger charge is 2.52. The topological polar surface area (TPSA) is 48.1 Å². The van der Waals surface area contributed by atoms with Gasteiger partial charge in [0.25, 0.3) is 0 Å². The Labute approximate surface area is 124 Å². The lowest BCUT2D eigenvalue weighted by molar-refractivity contribution is -0.147. The van der Waals surface area contributed by atoms with Gasteiger partial charge in [-0.3, -0.25) is 0 Å². The molecule has 1 aliphatic heterocycles. The van der Waals surface area contributed by atoms with Crippen LogP contribution in [0.25, 0.3) is 0 Å². The molecule has 0 radical (unpaired) electrons. The van der Waals surface area contributed by atoms with Crippen LogP contribution in [0.15, 0.2) is 24.3 Å². The molecular weight excluding hydrogens is 275 g/mol. The Morgan fingerprint density at radius 2 is 2.00 bits per heavy atom. The Kier molecular flexibility index (Phi) is 5.70. The van der Waals surface area contributed by atoms with E-state index in [1.807, 2.05) is 0 Å². The molecule has 0 bridgehead atoms. The summed E-state index contributed by atoms with van der Waals surface area (Å²) in [6.07, 6.45) is 3.20. The first-order valence-corrected chi connectivity index (χ1v) is 7.21. The maximum Gasteiger partial charge on any atom is 0.340 e. The molecule has 1 saturated heterocycles. The monoisotopic (exact) mass is 296 g/mol. The third-order valence-electron chi connectivity index (χ3n) is 3.62. The molecule has 1 aromatic carbocycles. The summed E-state index contributed by atoms with van der Waals surface area (Å²) >= 11 is 0. The van der Waals surface area contributed by atoms with E-state index in [0.717, 1.165) is 24.8 Å². The number of unbranched alkanes of at least 4 members (excludes halogenated alkanes) is 1. The van der Waals surface area contributed by atoms with E-state index in [-0.39, 0.29) is 11.8 Å². The van der Waals surface area contributed by atoms with Crippen molar-refractivity contribution in [1.29, 1.82) is 0 Å². The zero-order valence-electron chi connectivity index (χ0n) is 12.3. The molecule has 1 heterocycles. The van der Waals surface area contributed by atoms with E-state index in [1.54, 1.807) is 12.1 Å². The number of carbonyl (C=O) groups excluding carboxylic acids is 1. The second-order valence-corrected chi connectivity index (χ2v) is 5.22. The lowest BCUT2D eigenvalue weighted by Gasteiger charge is -2.09. The molecular formula is C16H21FO4. The third kappa shape index (κ3) is 4.79. The fourth-order valence-electron chi connectivity index (χ4n) is 2.20. The lowest BCUT2D eigenvalue weighted by atomic mass is 10.0. The van der Waals surface area contributed by atoms with Gasteiger partial charge in [0, 0.05) is 6.61 Å². The summed E-state index contributed by atoms with van der Waals surface area (Å²) in [4.78, 5) is 11.4. The number of methoxy groups -OCH3 is 1. The van der Waals surface area contributed by atoms with Crippen LogP contribution in [0.3, 0.4) is 0 Å². The highest BCUT2D eigenvalue weighted by molar-refractivity contribution is 5.82. The van der Waals surface area contributed by atoms with Gasteiger partial charge in [-0.05, 0) is 43.4 Å². The molecule has 0 N–H and O–H groups in total. The van der Waals surface area contributed by atoms with Gasteiger partial charge in [0.05, 0.1) is 20.3 Å². The van der Waals surface area contributed by atoms with Crippen molar-refractivity contribution in [2.75, 3.05) is 26.9 Å². The smallest absolute Gasteiger partial charge is 0.340 e. The first-order chi connectivity index (χ1) is 10.2. The Balaban J connectivity index is 1.51. The molecule has 0 spiro atoms. The van der Waals surface area contributed by atoms with Crippen LogP contribution in [0.4, 0.5) is 4.39 Å². The molecule has 1 aromatic rings. The van der Waals surface area contributed by atoms with Crippen LogP contribution in [-0.2, 0) is 25.4 Å². The molecule has 0 saturated carbocycles. The van der Waals surface area contributed by atoms with Gasteiger partial charge >= 0.3 is 5.97 Å². The Morgan fingerprint density at radius 3 is 2.62 bits per heavy atom. The summed E-state index contributed by atoms with van der Waals surface area (Å²) in [6, 6.07) is 6.45. The van der Waals surface area contributed by atoms with Crippen LogP contribution in [-0.4, -0.2) is 38.5 Å². The SMILES string of the molecule is COC(=O)C1(CCCCOCCc2ccc(F)cc2)CO1. The summed E-state index contributed by atoms with van der Waals surface area (Å²) in [5.74, 6) is -0.499. The second kappa shape index (κ2) is 7.52. The van der Waals surface area contributed by atoms with Gasteiger partial charge in [-0.2, -0.15) is 0 Å². The number of epoxide rings is 1. The molecule has 2 rings (SSSR count). The van der Waals surface area contributed by atoms with E-state index in [2.05, 4.69) is 0 Å². The van der Waals surface area contributed by atoms with Crippen molar-refractivity contribution >= 4 is 5.97 Å². The number of ether oxygens (including phenoxy) is 3. The normalized spacial score (nSPS) is 20.3. The number of rotatable bonds is 9. The largest absolute Gasteiger partial charge is 0.467 e. The molecule has 21 heavy (non-hydrogen) atoms. The minimum Gasteiger partial charge on any atom is -0.467 e. The van der Waals surface area contributed by atoms with Crippen molar-refractivity contribution < 1.29 is 23.4 Å². The summed E-state index contributed by atoms with van der Waals surface area (Å²) in [5, 5.41) is 0. The molecule has 1 unspecified atom stereocenters. The molecule has 0 amide bonds. The first-order valence-electron chi connectivity index (χ1n) is 7.21. The lowest BCUT2D eigenvalue weighted by Crippen LogP contribution is -2.26. The number of carbonyl (C=O) groups is 1. The van der Waals surface area contributed by atoms with Crippen molar-refractivity contribution in [3.05, 3.63) is 35.6 Å². The van der Waals surface area contributed by atoms with Gasteiger partial charge in [0.2, 0.25) is 0 Å². The van der Waals surface area contributed by atoms with E-state index in [0.29, 0.717) is 26.2 Å². The zero-order chi connectivity index (χ0) is 15.1. The van der Waals surface area contributed by atoms with Crippen LogP contribution in [0.1, 0.15) is 24.8 Å². The molecule has 1 atom stereocenters. The van der Waals surface area contributed by atoms with Crippen LogP contribution < -0.4 is 0 Å². The number of hydrogen-bond donors (Lipinski definition) is 0. The van der Waals surface area contributed by atoms with Gasteiger partial charge in [-0.1, -0.05) is 12.1 Å². The van der Waals surface area contributed by atoms with E-state index in [9.17, 15) is 9.18 Å². The van der Waals surface area contributed by atoms with Gasteiger partial charge < -0.3 is 14.2 Å². The van der Waals surface area contributed by atoms with Crippen LogP contribution in [0.2, 0.25) is 0 Å². The summed E-state index contributed by atoms with van der Waals surface area (Å²) in [6.45, 7) is 1.73. The van der Waals surface area contributed by atoms with Gasteiger partial charge in [-0.15, -0.1) is 0 Å².